The van der Waals surface area contributed by atoms with Gasteiger partial charge in [-0.3, -0.25) is 4.79 Å². The molecule has 0 unspecified atom stereocenters. The van der Waals surface area contributed by atoms with Crippen LogP contribution in [-0.4, -0.2) is 24.4 Å². The second-order valence-corrected chi connectivity index (χ2v) is 4.21. The zero-order chi connectivity index (χ0) is 12.0. The van der Waals surface area contributed by atoms with Crippen LogP contribution in [0.15, 0.2) is 24.3 Å². The quantitative estimate of drug-likeness (QED) is 0.856. The Bertz CT molecular complexity index is 355. The van der Waals surface area contributed by atoms with Crippen LogP contribution in [0.25, 0.3) is 0 Å². The van der Waals surface area contributed by atoms with E-state index in [1.54, 1.807) is 11.9 Å². The largest absolute Gasteiger partial charge is 0.341 e. The molecule has 88 valence electrons. The first kappa shape index (κ1) is 13.0. The van der Waals surface area contributed by atoms with Crippen molar-refractivity contribution < 1.29 is 4.79 Å². The highest BCUT2D eigenvalue weighted by atomic mass is 35.5. The first-order valence-corrected chi connectivity index (χ1v) is 5.69. The van der Waals surface area contributed by atoms with Gasteiger partial charge >= 0.3 is 0 Å². The number of carbonyl (C=O) groups excluding carboxylic acids is 1. The Labute approximate surface area is 101 Å². The molecule has 0 bridgehead atoms. The van der Waals surface area contributed by atoms with E-state index in [9.17, 15) is 4.79 Å². The molecule has 16 heavy (non-hydrogen) atoms. The summed E-state index contributed by atoms with van der Waals surface area (Å²) in [6, 6.07) is 7.53. The molecule has 0 fully saturated rings. The Morgan fingerprint density at radius 2 is 2.25 bits per heavy atom. The molecule has 1 aromatic carbocycles. The Morgan fingerprint density at radius 3 is 2.88 bits per heavy atom. The van der Waals surface area contributed by atoms with Gasteiger partial charge in [-0.1, -0.05) is 23.7 Å². The number of amides is 1. The molecule has 2 N–H and O–H groups in total. The fraction of sp³-hybridized carbons (Fsp3) is 0.417. The van der Waals surface area contributed by atoms with Crippen LogP contribution in [0, 0.1) is 0 Å². The third-order valence-electron chi connectivity index (χ3n) is 2.33. The number of hydrogen-bond donors (Lipinski definition) is 1. The molecule has 3 nitrogen and oxygen atoms in total. The van der Waals surface area contributed by atoms with Crippen LogP contribution in [-0.2, 0) is 11.3 Å². The maximum atomic E-state index is 11.6. The maximum absolute atomic E-state index is 11.6. The molecular weight excluding hydrogens is 224 g/mol. The van der Waals surface area contributed by atoms with Crippen LogP contribution in [0.1, 0.15) is 18.4 Å². The fourth-order valence-corrected chi connectivity index (χ4v) is 1.65. The molecule has 1 aromatic rings. The lowest BCUT2D eigenvalue weighted by atomic mass is 10.2. The van der Waals surface area contributed by atoms with Crippen molar-refractivity contribution in [3.05, 3.63) is 34.9 Å². The van der Waals surface area contributed by atoms with Crippen molar-refractivity contribution >= 4 is 17.5 Å². The van der Waals surface area contributed by atoms with E-state index >= 15 is 0 Å². The first-order chi connectivity index (χ1) is 7.63. The van der Waals surface area contributed by atoms with Gasteiger partial charge in [-0.05, 0) is 30.7 Å². The summed E-state index contributed by atoms with van der Waals surface area (Å²) in [6.45, 7) is 1.14. The van der Waals surface area contributed by atoms with Crippen molar-refractivity contribution in [2.45, 2.75) is 19.4 Å². The smallest absolute Gasteiger partial charge is 0.222 e. The van der Waals surface area contributed by atoms with Crippen molar-refractivity contribution in [2.75, 3.05) is 13.6 Å². The minimum Gasteiger partial charge on any atom is -0.341 e. The normalized spacial score (nSPS) is 10.2. The summed E-state index contributed by atoms with van der Waals surface area (Å²) >= 11 is 5.87. The zero-order valence-electron chi connectivity index (χ0n) is 9.45. The third kappa shape index (κ3) is 4.21. The van der Waals surface area contributed by atoms with E-state index in [2.05, 4.69) is 0 Å². The highest BCUT2D eigenvalue weighted by molar-refractivity contribution is 6.30. The molecule has 0 heterocycles. The molecule has 1 rings (SSSR count). The van der Waals surface area contributed by atoms with Crippen LogP contribution in [0.5, 0.6) is 0 Å². The molecule has 0 saturated carbocycles. The molecule has 0 radical (unpaired) electrons. The van der Waals surface area contributed by atoms with Crippen LogP contribution in [0.4, 0.5) is 0 Å². The number of benzene rings is 1. The highest BCUT2D eigenvalue weighted by Crippen LogP contribution is 2.12. The average molecular weight is 241 g/mol. The Kier molecular flexibility index (Phi) is 5.29. The number of rotatable bonds is 5. The second-order valence-electron chi connectivity index (χ2n) is 3.77. The van der Waals surface area contributed by atoms with Gasteiger partial charge in [0, 0.05) is 25.0 Å². The van der Waals surface area contributed by atoms with Gasteiger partial charge in [0.2, 0.25) is 5.91 Å². The van der Waals surface area contributed by atoms with E-state index in [-0.39, 0.29) is 5.91 Å². The van der Waals surface area contributed by atoms with Crippen molar-refractivity contribution in [3.63, 3.8) is 0 Å². The lowest BCUT2D eigenvalue weighted by molar-refractivity contribution is -0.130. The summed E-state index contributed by atoms with van der Waals surface area (Å²) in [5, 5.41) is 0.695. The summed E-state index contributed by atoms with van der Waals surface area (Å²) in [4.78, 5) is 13.3. The Morgan fingerprint density at radius 1 is 1.50 bits per heavy atom. The molecule has 0 aromatic heterocycles. The van der Waals surface area contributed by atoms with E-state index in [0.29, 0.717) is 24.5 Å². The third-order valence-corrected chi connectivity index (χ3v) is 2.56. The molecular formula is C12H17ClN2O. The van der Waals surface area contributed by atoms with E-state index in [0.717, 1.165) is 12.0 Å². The van der Waals surface area contributed by atoms with Crippen molar-refractivity contribution in [1.82, 2.24) is 4.90 Å². The van der Waals surface area contributed by atoms with E-state index in [4.69, 9.17) is 17.3 Å². The van der Waals surface area contributed by atoms with E-state index in [1.807, 2.05) is 24.3 Å². The number of nitrogens with two attached hydrogens (primary N) is 1. The minimum absolute atomic E-state index is 0.116. The van der Waals surface area contributed by atoms with Gasteiger partial charge in [-0.2, -0.15) is 0 Å². The predicted octanol–water partition coefficient (Wildman–Crippen LogP) is 2.04. The molecule has 0 saturated heterocycles. The first-order valence-electron chi connectivity index (χ1n) is 5.32. The van der Waals surface area contributed by atoms with Gasteiger partial charge in [-0.25, -0.2) is 0 Å². The monoisotopic (exact) mass is 240 g/mol. The summed E-state index contributed by atoms with van der Waals surface area (Å²) in [7, 11) is 1.79. The maximum Gasteiger partial charge on any atom is 0.222 e. The van der Waals surface area contributed by atoms with Crippen molar-refractivity contribution in [1.29, 1.82) is 0 Å². The molecule has 1 amide bonds. The molecule has 0 aliphatic carbocycles. The average Bonchev–Trinajstić information content (AvgIpc) is 2.25. The second kappa shape index (κ2) is 6.51. The number of nitrogens with zero attached hydrogens (tertiary/aromatic N) is 1. The van der Waals surface area contributed by atoms with Gasteiger partial charge in [0.15, 0.2) is 0 Å². The Hall–Kier alpha value is -1.06. The van der Waals surface area contributed by atoms with E-state index < -0.39 is 0 Å². The molecule has 0 atom stereocenters. The van der Waals surface area contributed by atoms with Gasteiger partial charge < -0.3 is 10.6 Å². The van der Waals surface area contributed by atoms with Gasteiger partial charge in [-0.15, -0.1) is 0 Å². The highest BCUT2D eigenvalue weighted by Gasteiger charge is 2.08. The minimum atomic E-state index is 0.116. The topological polar surface area (TPSA) is 46.3 Å². The number of hydrogen-bond acceptors (Lipinski definition) is 2. The zero-order valence-corrected chi connectivity index (χ0v) is 10.2. The molecule has 0 aliphatic rings. The van der Waals surface area contributed by atoms with Crippen LogP contribution < -0.4 is 5.73 Å². The standard InChI is InChI=1S/C12H17ClN2O/c1-15(12(16)6-3-7-14)9-10-4-2-5-11(13)8-10/h2,4-5,8H,3,6-7,9,14H2,1H3. The van der Waals surface area contributed by atoms with Crippen molar-refractivity contribution in [2.24, 2.45) is 5.73 Å². The van der Waals surface area contributed by atoms with Crippen LogP contribution in [0.2, 0.25) is 5.02 Å². The summed E-state index contributed by atoms with van der Waals surface area (Å²) in [6.07, 6.45) is 1.24. The predicted molar refractivity (Wildman–Crippen MR) is 66.2 cm³/mol. The summed E-state index contributed by atoms with van der Waals surface area (Å²) < 4.78 is 0. The molecule has 4 heteroatoms. The van der Waals surface area contributed by atoms with E-state index in [1.165, 1.54) is 0 Å². The lowest BCUT2D eigenvalue weighted by Gasteiger charge is -2.17. The van der Waals surface area contributed by atoms with Gasteiger partial charge in [0.1, 0.15) is 0 Å². The number of halogens is 1. The van der Waals surface area contributed by atoms with Crippen LogP contribution in [0.3, 0.4) is 0 Å². The summed E-state index contributed by atoms with van der Waals surface area (Å²) in [5.41, 5.74) is 6.40. The van der Waals surface area contributed by atoms with Crippen LogP contribution >= 0.6 is 11.6 Å². The van der Waals surface area contributed by atoms with Gasteiger partial charge in [0.25, 0.3) is 0 Å². The Balaban J connectivity index is 2.50. The van der Waals surface area contributed by atoms with Crippen molar-refractivity contribution in [3.8, 4) is 0 Å². The number of carbonyl (C=O) groups is 1. The summed E-state index contributed by atoms with van der Waals surface area (Å²) in [5.74, 6) is 0.116. The fourth-order valence-electron chi connectivity index (χ4n) is 1.44. The lowest BCUT2D eigenvalue weighted by Crippen LogP contribution is -2.26. The molecule has 0 aliphatic heterocycles. The SMILES string of the molecule is CN(Cc1cccc(Cl)c1)C(=O)CCCN. The van der Waals surface area contributed by atoms with Gasteiger partial charge in [0.05, 0.1) is 0 Å². The molecule has 0 spiro atoms.